The van der Waals surface area contributed by atoms with Gasteiger partial charge in [-0.25, -0.2) is 14.6 Å². The summed E-state index contributed by atoms with van der Waals surface area (Å²) in [6, 6.07) is 9.35. The number of carboxylic acids is 2. The summed E-state index contributed by atoms with van der Waals surface area (Å²) < 4.78 is 69.1. The zero-order valence-corrected chi connectivity index (χ0v) is 17.6. The molecule has 0 fully saturated rings. The number of carbonyl (C=O) groups is 2. The molecule has 7 nitrogen and oxygen atoms in total. The molecule has 3 rings (SSSR count). The van der Waals surface area contributed by atoms with E-state index in [1.54, 1.807) is 12.1 Å². The van der Waals surface area contributed by atoms with E-state index in [-0.39, 0.29) is 0 Å². The van der Waals surface area contributed by atoms with Gasteiger partial charge in [-0.2, -0.15) is 26.3 Å². The number of halogens is 8. The van der Waals surface area contributed by atoms with E-state index < -0.39 is 24.3 Å². The van der Waals surface area contributed by atoms with Gasteiger partial charge in [0.2, 0.25) is 5.88 Å². The summed E-state index contributed by atoms with van der Waals surface area (Å²) in [4.78, 5) is 22.3. The van der Waals surface area contributed by atoms with Gasteiger partial charge < -0.3 is 20.3 Å². The lowest BCUT2D eigenvalue weighted by Crippen LogP contribution is -2.21. The normalized spacial score (nSPS) is 13.1. The molecule has 1 aromatic heterocycles. The number of fused-ring (bicyclic) bond motifs is 1. The molecule has 0 unspecified atom stereocenters. The molecule has 0 saturated heterocycles. The van der Waals surface area contributed by atoms with Crippen molar-refractivity contribution < 1.29 is 50.9 Å². The Bertz CT molecular complexity index is 962. The lowest BCUT2D eigenvalue weighted by Gasteiger charge is -2.09. The van der Waals surface area contributed by atoms with Crippen LogP contribution < -0.4 is 10.1 Å². The molecule has 0 spiro atoms. The van der Waals surface area contributed by atoms with E-state index in [1.807, 2.05) is 18.2 Å². The minimum atomic E-state index is -5.08. The van der Waals surface area contributed by atoms with Gasteiger partial charge in [-0.3, -0.25) is 0 Å². The number of aromatic nitrogens is 1. The van der Waals surface area contributed by atoms with Crippen molar-refractivity contribution in [2.45, 2.75) is 18.9 Å². The Morgan fingerprint density at radius 3 is 2.00 bits per heavy atom. The molecule has 2 heterocycles. The number of hydrogen-bond acceptors (Lipinski definition) is 5. The molecule has 0 radical (unpaired) electrons. The molecule has 33 heavy (non-hydrogen) atoms. The fourth-order valence-electron chi connectivity index (χ4n) is 2.02. The first-order valence-electron chi connectivity index (χ1n) is 8.52. The predicted molar refractivity (Wildman–Crippen MR) is 104 cm³/mol. The molecule has 0 saturated carbocycles. The molecular formula is C18H14Cl2F6N2O5. The Labute approximate surface area is 191 Å². The van der Waals surface area contributed by atoms with E-state index in [4.69, 9.17) is 47.7 Å². The van der Waals surface area contributed by atoms with E-state index in [0.717, 1.165) is 29.9 Å². The zero-order valence-electron chi connectivity index (χ0n) is 16.1. The van der Waals surface area contributed by atoms with Gasteiger partial charge in [-0.15, -0.1) is 0 Å². The monoisotopic (exact) mass is 522 g/mol. The zero-order chi connectivity index (χ0) is 25.4. The number of alkyl halides is 6. The Kier molecular flexibility index (Phi) is 10.2. The number of benzene rings is 1. The first-order valence-corrected chi connectivity index (χ1v) is 9.27. The van der Waals surface area contributed by atoms with Crippen LogP contribution >= 0.6 is 23.2 Å². The van der Waals surface area contributed by atoms with Gasteiger partial charge >= 0.3 is 24.3 Å². The first-order chi connectivity index (χ1) is 15.1. The van der Waals surface area contributed by atoms with E-state index in [1.165, 1.54) is 0 Å². The summed E-state index contributed by atoms with van der Waals surface area (Å²) in [5, 5.41) is 18.7. The van der Waals surface area contributed by atoms with Crippen molar-refractivity contribution in [2.24, 2.45) is 0 Å². The van der Waals surface area contributed by atoms with Crippen molar-refractivity contribution in [3.05, 3.63) is 45.9 Å². The van der Waals surface area contributed by atoms with Crippen LogP contribution in [0, 0.1) is 0 Å². The van der Waals surface area contributed by atoms with Crippen LogP contribution in [0.5, 0.6) is 5.88 Å². The predicted octanol–water partition coefficient (Wildman–Crippen LogP) is 4.80. The van der Waals surface area contributed by atoms with Crippen molar-refractivity contribution >= 4 is 35.1 Å². The first kappa shape index (κ1) is 28.3. The second kappa shape index (κ2) is 11.9. The van der Waals surface area contributed by atoms with Crippen molar-refractivity contribution in [1.82, 2.24) is 10.3 Å². The summed E-state index contributed by atoms with van der Waals surface area (Å²) in [5.74, 6) is -4.84. The van der Waals surface area contributed by atoms with E-state index in [9.17, 15) is 26.3 Å². The largest absolute Gasteiger partial charge is 0.490 e. The highest BCUT2D eigenvalue weighted by atomic mass is 35.5. The molecule has 0 atom stereocenters. The molecule has 182 valence electrons. The molecule has 15 heteroatoms. The molecule has 1 aliphatic heterocycles. The van der Waals surface area contributed by atoms with Crippen LogP contribution in [-0.4, -0.2) is 52.6 Å². The van der Waals surface area contributed by atoms with Gasteiger partial charge in [-0.1, -0.05) is 29.3 Å². The summed E-state index contributed by atoms with van der Waals surface area (Å²) >= 11 is 12.1. The lowest BCUT2D eigenvalue weighted by molar-refractivity contribution is -0.193. The number of ether oxygens (including phenoxy) is 1. The van der Waals surface area contributed by atoms with Crippen molar-refractivity contribution in [2.75, 3.05) is 13.2 Å². The standard InChI is InChI=1S/C14H12Cl2N2O.2C2HF3O2/c15-10-2-3-11(12(16)7-10)13-4-1-9-8-17-5-6-19-14(9)18-13;2*3-2(4,5)1(6)7/h1-4,7,17H,5-6,8H2;2*(H,6,7). The highest BCUT2D eigenvalue weighted by Crippen LogP contribution is 2.31. The van der Waals surface area contributed by atoms with Crippen LogP contribution in [0.3, 0.4) is 0 Å². The smallest absolute Gasteiger partial charge is 0.476 e. The second-order valence-electron chi connectivity index (χ2n) is 5.92. The SMILES string of the molecule is Clc1ccc(-c2ccc3c(n2)OCCNC3)c(Cl)c1.O=C(O)C(F)(F)F.O=C(O)C(F)(F)F. The molecule has 0 amide bonds. The second-order valence-corrected chi connectivity index (χ2v) is 6.76. The molecule has 1 aliphatic rings. The maximum atomic E-state index is 10.6. The molecular weight excluding hydrogens is 509 g/mol. The third-order valence-corrected chi connectivity index (χ3v) is 4.01. The van der Waals surface area contributed by atoms with Gasteiger partial charge in [-0.05, 0) is 24.3 Å². The number of pyridine rings is 1. The molecule has 0 bridgehead atoms. The maximum Gasteiger partial charge on any atom is 0.490 e. The Morgan fingerprint density at radius 2 is 1.52 bits per heavy atom. The minimum Gasteiger partial charge on any atom is -0.476 e. The van der Waals surface area contributed by atoms with Gasteiger partial charge in [0.1, 0.15) is 6.61 Å². The van der Waals surface area contributed by atoms with E-state index >= 15 is 0 Å². The van der Waals surface area contributed by atoms with Crippen LogP contribution in [0.4, 0.5) is 26.3 Å². The van der Waals surface area contributed by atoms with Crippen molar-refractivity contribution in [3.63, 3.8) is 0 Å². The number of carboxylic acid groups (broad SMARTS) is 2. The van der Waals surface area contributed by atoms with Crippen LogP contribution in [0.1, 0.15) is 5.56 Å². The Hall–Kier alpha value is -2.77. The Morgan fingerprint density at radius 1 is 0.970 bits per heavy atom. The summed E-state index contributed by atoms with van der Waals surface area (Å²) in [5.41, 5.74) is 2.71. The summed E-state index contributed by atoms with van der Waals surface area (Å²) in [6.45, 7) is 2.22. The summed E-state index contributed by atoms with van der Waals surface area (Å²) in [7, 11) is 0. The Balaban J connectivity index is 0.000000324. The fraction of sp³-hybridized carbons (Fsp3) is 0.278. The number of hydrogen-bond donors (Lipinski definition) is 3. The van der Waals surface area contributed by atoms with Crippen LogP contribution in [-0.2, 0) is 16.1 Å². The third kappa shape index (κ3) is 9.72. The average Bonchev–Trinajstić information content (AvgIpc) is 2.92. The van der Waals surface area contributed by atoms with Crippen LogP contribution in [0.25, 0.3) is 11.3 Å². The van der Waals surface area contributed by atoms with Gasteiger partial charge in [0.15, 0.2) is 0 Å². The van der Waals surface area contributed by atoms with E-state index in [2.05, 4.69) is 10.3 Å². The summed E-state index contributed by atoms with van der Waals surface area (Å²) in [6.07, 6.45) is -10.2. The molecule has 0 aliphatic carbocycles. The lowest BCUT2D eigenvalue weighted by atomic mass is 10.1. The molecule has 3 N–H and O–H groups in total. The number of aliphatic carboxylic acids is 2. The highest BCUT2D eigenvalue weighted by molar-refractivity contribution is 6.36. The molecule has 1 aromatic carbocycles. The van der Waals surface area contributed by atoms with Crippen LogP contribution in [0.2, 0.25) is 10.0 Å². The van der Waals surface area contributed by atoms with Crippen molar-refractivity contribution in [1.29, 1.82) is 0 Å². The van der Waals surface area contributed by atoms with Crippen LogP contribution in [0.15, 0.2) is 30.3 Å². The fourth-order valence-corrected chi connectivity index (χ4v) is 2.52. The van der Waals surface area contributed by atoms with Gasteiger partial charge in [0.25, 0.3) is 0 Å². The third-order valence-electron chi connectivity index (χ3n) is 3.46. The van der Waals surface area contributed by atoms with Gasteiger partial charge in [0.05, 0.1) is 10.7 Å². The van der Waals surface area contributed by atoms with E-state index in [0.29, 0.717) is 22.5 Å². The molecule has 2 aromatic rings. The number of rotatable bonds is 1. The maximum absolute atomic E-state index is 10.6. The topological polar surface area (TPSA) is 109 Å². The van der Waals surface area contributed by atoms with Crippen molar-refractivity contribution in [3.8, 4) is 17.1 Å². The quantitative estimate of drug-likeness (QED) is 0.461. The average molecular weight is 523 g/mol. The minimum absolute atomic E-state index is 0.590. The number of nitrogens with one attached hydrogen (secondary N) is 1. The van der Waals surface area contributed by atoms with Gasteiger partial charge in [0, 0.05) is 29.2 Å². The number of nitrogens with zero attached hydrogens (tertiary/aromatic N) is 1. The highest BCUT2D eigenvalue weighted by Gasteiger charge is 2.38.